The highest BCUT2D eigenvalue weighted by Crippen LogP contribution is 2.37. The van der Waals surface area contributed by atoms with Gasteiger partial charge in [-0.15, -0.1) is 0 Å². The zero-order chi connectivity index (χ0) is 27.8. The van der Waals surface area contributed by atoms with E-state index in [1.165, 1.54) is 6.08 Å². The first-order valence-corrected chi connectivity index (χ1v) is 16.5. The van der Waals surface area contributed by atoms with Crippen LogP contribution in [-0.4, -0.2) is 26.7 Å². The second-order valence-corrected chi connectivity index (χ2v) is 16.5. The average Bonchev–Trinajstić information content (AvgIpc) is 2.87. The number of hydrogen-bond donors (Lipinski definition) is 2. The summed E-state index contributed by atoms with van der Waals surface area (Å²) in [5, 5.41) is 5.99. The van der Waals surface area contributed by atoms with E-state index < -0.39 is 8.32 Å². The van der Waals surface area contributed by atoms with Crippen LogP contribution in [0.15, 0.2) is 89.4 Å². The quantitative estimate of drug-likeness (QED) is 0.184. The van der Waals surface area contributed by atoms with Crippen molar-refractivity contribution >= 4 is 53.5 Å². The first kappa shape index (κ1) is 29.6. The summed E-state index contributed by atoms with van der Waals surface area (Å²) in [5.74, 6) is -0.644. The van der Waals surface area contributed by atoms with Crippen molar-refractivity contribution in [2.75, 3.05) is 17.2 Å². The smallest absolute Gasteiger partial charge is 0.248 e. The lowest BCUT2D eigenvalue weighted by atomic mass is 9.94. The largest absolute Gasteiger partial charge is 0.417 e. The second-order valence-electron chi connectivity index (χ2n) is 10.8. The lowest BCUT2D eigenvalue weighted by molar-refractivity contribution is -0.118. The Hall–Kier alpha value is -3.00. The summed E-state index contributed by atoms with van der Waals surface area (Å²) in [6.07, 6.45) is 3.84. The summed E-state index contributed by atoms with van der Waals surface area (Å²) in [4.78, 5) is 25.6. The fourth-order valence-corrected chi connectivity index (χ4v) is 4.90. The van der Waals surface area contributed by atoms with Gasteiger partial charge in [-0.2, -0.15) is 0 Å². The summed E-state index contributed by atoms with van der Waals surface area (Å²) >= 11 is 3.43. The fraction of sp³-hybridized carbons (Fsp3) is 0.290. The minimum Gasteiger partial charge on any atom is -0.417 e. The van der Waals surface area contributed by atoms with Crippen molar-refractivity contribution < 1.29 is 14.0 Å². The second kappa shape index (κ2) is 13.2. The zero-order valence-corrected chi connectivity index (χ0v) is 25.3. The highest BCUT2D eigenvalue weighted by atomic mass is 79.9. The van der Waals surface area contributed by atoms with E-state index in [1.807, 2.05) is 78.9 Å². The molecule has 2 amide bonds. The van der Waals surface area contributed by atoms with E-state index >= 15 is 0 Å². The van der Waals surface area contributed by atoms with Gasteiger partial charge >= 0.3 is 0 Å². The predicted molar refractivity (Wildman–Crippen MR) is 164 cm³/mol. The molecule has 5 nitrogen and oxygen atoms in total. The van der Waals surface area contributed by atoms with Crippen LogP contribution in [0.25, 0.3) is 6.08 Å². The molecule has 200 valence electrons. The summed E-state index contributed by atoms with van der Waals surface area (Å²) in [6, 6.07) is 24.6. The molecule has 0 spiro atoms. The lowest BCUT2D eigenvalue weighted by Gasteiger charge is -2.36. The maximum Gasteiger partial charge on any atom is 0.248 e. The Morgan fingerprint density at radius 2 is 1.50 bits per heavy atom. The molecule has 0 saturated carbocycles. The van der Waals surface area contributed by atoms with Crippen LogP contribution in [0, 0.1) is 0 Å². The van der Waals surface area contributed by atoms with Crippen LogP contribution in [0.1, 0.15) is 44.2 Å². The molecule has 3 aromatic carbocycles. The van der Waals surface area contributed by atoms with Crippen LogP contribution in [0.4, 0.5) is 11.4 Å². The molecule has 0 fully saturated rings. The summed E-state index contributed by atoms with van der Waals surface area (Å²) in [7, 11) is -1.93. The fourth-order valence-electron chi connectivity index (χ4n) is 3.58. The van der Waals surface area contributed by atoms with Crippen LogP contribution in [0.5, 0.6) is 0 Å². The molecule has 1 unspecified atom stereocenters. The third-order valence-corrected chi connectivity index (χ3v) is 12.0. The maximum absolute atomic E-state index is 13.4. The average molecular weight is 594 g/mol. The minimum atomic E-state index is -1.93. The number of anilines is 2. The van der Waals surface area contributed by atoms with Crippen molar-refractivity contribution in [2.45, 2.75) is 51.2 Å². The van der Waals surface area contributed by atoms with Gasteiger partial charge in [0.1, 0.15) is 0 Å². The van der Waals surface area contributed by atoms with E-state index in [2.05, 4.69) is 60.4 Å². The number of para-hydroxylation sites is 1. The molecule has 7 heteroatoms. The highest BCUT2D eigenvalue weighted by molar-refractivity contribution is 9.10. The molecule has 0 bridgehead atoms. The lowest BCUT2D eigenvalue weighted by Crippen LogP contribution is -2.41. The maximum atomic E-state index is 13.4. The van der Waals surface area contributed by atoms with E-state index in [1.54, 1.807) is 6.08 Å². The first-order valence-electron chi connectivity index (χ1n) is 12.8. The molecule has 0 saturated heterocycles. The molecule has 2 N–H and O–H groups in total. The van der Waals surface area contributed by atoms with Gasteiger partial charge in [0.05, 0.1) is 5.92 Å². The van der Waals surface area contributed by atoms with Gasteiger partial charge in [0.15, 0.2) is 8.32 Å². The van der Waals surface area contributed by atoms with Gasteiger partial charge in [-0.1, -0.05) is 79.2 Å². The third kappa shape index (κ3) is 8.79. The Labute approximate surface area is 236 Å². The van der Waals surface area contributed by atoms with E-state index in [4.69, 9.17) is 4.43 Å². The molecule has 1 atom stereocenters. The number of nitrogens with one attached hydrogen (secondary N) is 2. The van der Waals surface area contributed by atoms with Crippen LogP contribution in [0.2, 0.25) is 18.1 Å². The topological polar surface area (TPSA) is 67.4 Å². The van der Waals surface area contributed by atoms with Gasteiger partial charge < -0.3 is 15.1 Å². The summed E-state index contributed by atoms with van der Waals surface area (Å²) in [6.45, 7) is 11.6. The van der Waals surface area contributed by atoms with E-state index in [0.29, 0.717) is 13.0 Å². The van der Waals surface area contributed by atoms with Crippen molar-refractivity contribution in [3.05, 3.63) is 101 Å². The van der Waals surface area contributed by atoms with Gasteiger partial charge in [-0.05, 0) is 78.2 Å². The van der Waals surface area contributed by atoms with Crippen molar-refractivity contribution in [3.8, 4) is 0 Å². The number of halogens is 1. The van der Waals surface area contributed by atoms with E-state index in [0.717, 1.165) is 27.0 Å². The SMILES string of the molecule is CC(C)(C)[Si](C)(C)OCCC(C(=O)Nc1ccc(Br)cc1)c1ccc(C=CC(=O)Nc2ccccc2)cc1. The number of hydrogen-bond acceptors (Lipinski definition) is 3. The number of rotatable bonds is 10. The van der Waals surface area contributed by atoms with E-state index in [9.17, 15) is 9.59 Å². The molecule has 0 aliphatic heterocycles. The van der Waals surface area contributed by atoms with Crippen LogP contribution in [0.3, 0.4) is 0 Å². The Morgan fingerprint density at radius 3 is 2.11 bits per heavy atom. The van der Waals surface area contributed by atoms with Gasteiger partial charge in [-0.3, -0.25) is 9.59 Å². The Balaban J connectivity index is 1.72. The van der Waals surface area contributed by atoms with Gasteiger partial charge in [-0.25, -0.2) is 0 Å². The van der Waals surface area contributed by atoms with Crippen molar-refractivity contribution in [1.82, 2.24) is 0 Å². The predicted octanol–water partition coefficient (Wildman–Crippen LogP) is 8.24. The molecule has 0 aliphatic carbocycles. The molecule has 0 aromatic heterocycles. The Bertz CT molecular complexity index is 1230. The van der Waals surface area contributed by atoms with Crippen LogP contribution >= 0.6 is 15.9 Å². The van der Waals surface area contributed by atoms with Gasteiger partial charge in [0.2, 0.25) is 11.8 Å². The normalized spacial score (nSPS) is 12.8. The molecule has 0 radical (unpaired) electrons. The summed E-state index contributed by atoms with van der Waals surface area (Å²) in [5.41, 5.74) is 3.28. The minimum absolute atomic E-state index is 0.0725. The first-order chi connectivity index (χ1) is 17.9. The number of benzene rings is 3. The van der Waals surface area contributed by atoms with Crippen molar-refractivity contribution in [2.24, 2.45) is 0 Å². The Kier molecular flexibility index (Phi) is 10.2. The number of amides is 2. The third-order valence-electron chi connectivity index (χ3n) is 6.91. The highest BCUT2D eigenvalue weighted by Gasteiger charge is 2.37. The monoisotopic (exact) mass is 592 g/mol. The van der Waals surface area contributed by atoms with Crippen LogP contribution in [-0.2, 0) is 14.0 Å². The van der Waals surface area contributed by atoms with Gasteiger partial charge in [0, 0.05) is 28.5 Å². The zero-order valence-electron chi connectivity index (χ0n) is 22.8. The number of carbonyl (C=O) groups is 2. The molecule has 0 aliphatic rings. The van der Waals surface area contributed by atoms with Crippen molar-refractivity contribution in [3.63, 3.8) is 0 Å². The van der Waals surface area contributed by atoms with E-state index in [-0.39, 0.29) is 22.8 Å². The molecule has 0 heterocycles. The molecular formula is C31H37BrN2O3Si. The van der Waals surface area contributed by atoms with Crippen LogP contribution < -0.4 is 10.6 Å². The number of carbonyl (C=O) groups excluding carboxylic acids is 2. The van der Waals surface area contributed by atoms with Crippen molar-refractivity contribution in [1.29, 1.82) is 0 Å². The molecule has 3 rings (SSSR count). The standard InChI is InChI=1S/C31H37BrN2O3Si/c1-31(2,3)38(4,5)37-22-21-28(30(36)34-27-18-16-25(32)17-19-27)24-14-11-23(12-15-24)13-20-29(35)33-26-9-7-6-8-10-26/h6-20,28H,21-22H2,1-5H3,(H,33,35)(H,34,36). The molecule has 3 aromatic rings. The Morgan fingerprint density at radius 1 is 0.895 bits per heavy atom. The molecule has 38 heavy (non-hydrogen) atoms. The molecular weight excluding hydrogens is 556 g/mol. The summed E-state index contributed by atoms with van der Waals surface area (Å²) < 4.78 is 7.35. The van der Waals surface area contributed by atoms with Gasteiger partial charge in [0.25, 0.3) is 0 Å².